The Kier molecular flexibility index (Phi) is 45.4. The summed E-state index contributed by atoms with van der Waals surface area (Å²) in [4.78, 5) is 11.5. The van der Waals surface area contributed by atoms with Gasteiger partial charge >= 0.3 is 27.1 Å². The van der Waals surface area contributed by atoms with Gasteiger partial charge in [-0.1, -0.05) is 33.1 Å². The smallest absolute Gasteiger partial charge is 0.679 e. The molecule has 190 valence electrons. The molecule has 6 N–H and O–H groups in total. The largest absolute Gasteiger partial charge is 4.00 e. The van der Waals surface area contributed by atoms with Crippen molar-refractivity contribution in [2.45, 2.75) is 47.0 Å². The minimum atomic E-state index is -0.129. The standard InChI is InChI=1S/C13H27N4O3.C3H8.C3H7.C2H6N2.Pt/c14-3-7-19-9-10-20-8-6-16-13(18)17-11-12-1-4-15-5-2-12;2*1-3-2;3-1-2-4;/h12H,1-11,14H2,(H2,16,17,18);3H2,1-2H3;3H,1-2H3;3-4H,1-2H2;/q-1;;-1;-2;+4. The molecule has 31 heavy (non-hydrogen) atoms. The molecule has 0 unspecified atom stereocenters. The van der Waals surface area contributed by atoms with Crippen LogP contribution < -0.4 is 16.4 Å². The summed E-state index contributed by atoms with van der Waals surface area (Å²) < 4.78 is 10.5. The van der Waals surface area contributed by atoms with Gasteiger partial charge < -0.3 is 49.0 Å². The van der Waals surface area contributed by atoms with Crippen LogP contribution in [0.5, 0.6) is 0 Å². The second-order valence-corrected chi connectivity index (χ2v) is 6.55. The molecular formula is C21H48N6O3Pt. The number of piperidine rings is 1. The Balaban J connectivity index is -0.000000280. The Hall–Kier alpha value is -0.282. The minimum Gasteiger partial charge on any atom is -0.679 e. The van der Waals surface area contributed by atoms with Gasteiger partial charge in [-0.15, -0.1) is 13.1 Å². The molecule has 0 saturated carbocycles. The van der Waals surface area contributed by atoms with E-state index in [-0.39, 0.29) is 40.2 Å². The van der Waals surface area contributed by atoms with E-state index in [9.17, 15) is 4.79 Å². The van der Waals surface area contributed by atoms with Gasteiger partial charge in [-0.05, 0) is 5.92 Å². The van der Waals surface area contributed by atoms with Gasteiger partial charge in [0.15, 0.2) is 0 Å². The summed E-state index contributed by atoms with van der Waals surface area (Å²) in [6.45, 7) is 14.4. The van der Waals surface area contributed by atoms with Crippen LogP contribution in [0.1, 0.15) is 47.0 Å². The van der Waals surface area contributed by atoms with Crippen LogP contribution in [0.15, 0.2) is 0 Å². The first-order chi connectivity index (χ1) is 14.6. The average Bonchev–Trinajstić information content (AvgIpc) is 2.76. The van der Waals surface area contributed by atoms with Crippen LogP contribution in [0.4, 0.5) is 4.79 Å². The van der Waals surface area contributed by atoms with Gasteiger partial charge in [0.25, 0.3) is 0 Å². The number of amides is 2. The number of hydrogen-bond acceptors (Lipinski definition) is 4. The molecular weight excluding hydrogens is 579 g/mol. The van der Waals surface area contributed by atoms with Crippen molar-refractivity contribution in [3.8, 4) is 0 Å². The zero-order chi connectivity index (χ0) is 23.3. The average molecular weight is 628 g/mol. The molecule has 1 aliphatic rings. The fraction of sp³-hybridized carbons (Fsp3) is 0.905. The summed E-state index contributed by atoms with van der Waals surface area (Å²) in [7, 11) is 0. The summed E-state index contributed by atoms with van der Waals surface area (Å²) in [5.74, 6) is 0.564. The Morgan fingerprint density at radius 1 is 1.03 bits per heavy atom. The Morgan fingerprint density at radius 2 is 1.52 bits per heavy atom. The maximum atomic E-state index is 11.5. The Morgan fingerprint density at radius 3 is 1.97 bits per heavy atom. The third-order valence-electron chi connectivity index (χ3n) is 3.23. The van der Waals surface area contributed by atoms with E-state index >= 15 is 0 Å². The van der Waals surface area contributed by atoms with E-state index in [1.165, 1.54) is 6.42 Å². The number of nitrogens with zero attached hydrogens (tertiary/aromatic N) is 1. The molecule has 1 fully saturated rings. The molecule has 2 amide bonds. The molecule has 0 bridgehead atoms. The van der Waals surface area contributed by atoms with Gasteiger partial charge in [-0.25, -0.2) is 4.79 Å². The van der Waals surface area contributed by atoms with Crippen molar-refractivity contribution in [1.29, 1.82) is 0 Å². The molecule has 0 atom stereocenters. The quantitative estimate of drug-likeness (QED) is 0.236. The third-order valence-corrected chi connectivity index (χ3v) is 3.23. The van der Waals surface area contributed by atoms with Gasteiger partial charge in [0, 0.05) is 19.6 Å². The number of carbonyl (C=O) groups is 1. The molecule has 0 radical (unpaired) electrons. The summed E-state index contributed by atoms with van der Waals surface area (Å²) in [5, 5.41) is 9.94. The Bertz CT molecular complexity index is 309. The van der Waals surface area contributed by atoms with Gasteiger partial charge in [0.05, 0.1) is 26.4 Å². The molecule has 1 aliphatic heterocycles. The van der Waals surface area contributed by atoms with Crippen molar-refractivity contribution in [2.75, 3.05) is 72.2 Å². The van der Waals surface area contributed by atoms with Crippen LogP contribution in [0, 0.1) is 12.3 Å². The van der Waals surface area contributed by atoms with E-state index in [1.54, 1.807) is 0 Å². The number of hydrogen-bond donors (Lipinski definition) is 3. The summed E-state index contributed by atoms with van der Waals surface area (Å²) in [6.07, 6.45) is 5.40. The topological polar surface area (TPSA) is 147 Å². The van der Waals surface area contributed by atoms with Gasteiger partial charge in [-0.3, -0.25) is 0 Å². The van der Waals surface area contributed by atoms with E-state index < -0.39 is 0 Å². The Labute approximate surface area is 205 Å². The molecule has 0 aliphatic carbocycles. The van der Waals surface area contributed by atoms with Crippen LogP contribution in [0.3, 0.4) is 0 Å². The van der Waals surface area contributed by atoms with E-state index in [1.807, 2.05) is 20.3 Å². The normalized spacial score (nSPS) is 12.5. The van der Waals surface area contributed by atoms with Gasteiger partial charge in [0.1, 0.15) is 0 Å². The SMILES string of the molecule is CCC.C[CH-]C.NCCOCCOCCNC(=O)NCC1CC[N-]CC1.[NH-]CC[NH-].[Pt+4]. The van der Waals surface area contributed by atoms with E-state index in [0.29, 0.717) is 45.4 Å². The number of nitrogens with two attached hydrogens (primary N) is 1. The second-order valence-electron chi connectivity index (χ2n) is 6.55. The molecule has 0 aromatic carbocycles. The van der Waals surface area contributed by atoms with Crippen molar-refractivity contribution in [2.24, 2.45) is 11.7 Å². The zero-order valence-electron chi connectivity index (χ0n) is 20.1. The van der Waals surface area contributed by atoms with Crippen molar-refractivity contribution < 1.29 is 35.3 Å². The van der Waals surface area contributed by atoms with Crippen LogP contribution in [-0.2, 0) is 30.5 Å². The van der Waals surface area contributed by atoms with Crippen LogP contribution in [-0.4, -0.2) is 78.3 Å². The van der Waals surface area contributed by atoms with Gasteiger partial charge in [0.2, 0.25) is 0 Å². The molecule has 1 saturated heterocycles. The molecule has 1 rings (SSSR count). The monoisotopic (exact) mass is 627 g/mol. The van der Waals surface area contributed by atoms with Crippen molar-refractivity contribution in [3.63, 3.8) is 0 Å². The molecule has 0 spiro atoms. The molecule has 1 heterocycles. The summed E-state index contributed by atoms with van der Waals surface area (Å²) >= 11 is 0. The van der Waals surface area contributed by atoms with Crippen LogP contribution >= 0.6 is 0 Å². The zero-order valence-corrected chi connectivity index (χ0v) is 22.4. The maximum Gasteiger partial charge on any atom is 4.00 e. The number of carbonyl (C=O) groups excluding carboxylic acids is 1. The maximum absolute atomic E-state index is 11.5. The first-order valence-electron chi connectivity index (χ1n) is 11.1. The minimum absolute atomic E-state index is 0. The first kappa shape index (κ1) is 38.0. The van der Waals surface area contributed by atoms with Crippen molar-refractivity contribution in [1.82, 2.24) is 10.6 Å². The third kappa shape index (κ3) is 40.6. The molecule has 0 aromatic rings. The fourth-order valence-electron chi connectivity index (χ4n) is 1.95. The number of urea groups is 1. The second kappa shape index (κ2) is 37.1. The van der Waals surface area contributed by atoms with Gasteiger partial charge in [-0.2, -0.15) is 26.9 Å². The number of nitrogens with one attached hydrogen (secondary N) is 4. The fourth-order valence-corrected chi connectivity index (χ4v) is 1.95. The summed E-state index contributed by atoms with van der Waals surface area (Å²) in [5.41, 5.74) is 17.8. The van der Waals surface area contributed by atoms with Crippen LogP contribution in [0.25, 0.3) is 16.8 Å². The van der Waals surface area contributed by atoms with E-state index in [0.717, 1.165) is 32.5 Å². The summed E-state index contributed by atoms with van der Waals surface area (Å²) in [6, 6.07) is -0.129. The molecule has 9 nitrogen and oxygen atoms in total. The predicted octanol–water partition coefficient (Wildman–Crippen LogP) is 3.80. The van der Waals surface area contributed by atoms with E-state index in [2.05, 4.69) is 29.8 Å². The number of rotatable bonds is 11. The van der Waals surface area contributed by atoms with Crippen molar-refractivity contribution >= 4 is 6.03 Å². The molecule has 0 aromatic heterocycles. The number of ether oxygens (including phenoxy) is 2. The first-order valence-corrected chi connectivity index (χ1v) is 11.1. The van der Waals surface area contributed by atoms with Crippen LogP contribution in [0.2, 0.25) is 0 Å². The van der Waals surface area contributed by atoms with Crippen molar-refractivity contribution in [3.05, 3.63) is 23.2 Å². The molecule has 10 heteroatoms. The van der Waals surface area contributed by atoms with E-state index in [4.69, 9.17) is 26.7 Å². The predicted molar refractivity (Wildman–Crippen MR) is 128 cm³/mol.